The maximum Gasteiger partial charge on any atom is 0.376 e. The molecule has 5 aliphatic rings. The number of rotatable bonds is 6. The maximum absolute atomic E-state index is 13.9. The van der Waals surface area contributed by atoms with Gasteiger partial charge in [0.25, 0.3) is 5.92 Å². The number of esters is 1. The molecule has 1 aliphatic heterocycles. The third-order valence-corrected chi connectivity index (χ3v) is 6.78. The highest BCUT2D eigenvalue weighted by molar-refractivity contribution is 5.76. The minimum Gasteiger partial charge on any atom is -0.459 e. The van der Waals surface area contributed by atoms with Crippen molar-refractivity contribution in [2.24, 2.45) is 17.8 Å². The molecule has 5 fully saturated rings. The van der Waals surface area contributed by atoms with E-state index >= 15 is 0 Å². The first-order chi connectivity index (χ1) is 13.5. The molecule has 166 valence electrons. The Morgan fingerprint density at radius 3 is 2.38 bits per heavy atom. The van der Waals surface area contributed by atoms with Crippen LogP contribution in [0, 0.1) is 17.8 Å². The quantitative estimate of drug-likeness (QED) is 0.368. The fourth-order valence-corrected chi connectivity index (χ4v) is 5.77. The molecule has 4 saturated carbocycles. The molecule has 10 heteroatoms. The van der Waals surface area contributed by atoms with Gasteiger partial charge in [0.2, 0.25) is 0 Å². The van der Waals surface area contributed by atoms with E-state index in [-0.39, 0.29) is 25.0 Å². The Morgan fingerprint density at radius 1 is 1.14 bits per heavy atom. The van der Waals surface area contributed by atoms with Crippen molar-refractivity contribution in [3.05, 3.63) is 0 Å². The summed E-state index contributed by atoms with van der Waals surface area (Å²) in [5.74, 6) is -9.86. The zero-order valence-corrected chi connectivity index (χ0v) is 16.1. The van der Waals surface area contributed by atoms with Crippen LogP contribution in [0.3, 0.4) is 0 Å². The second-order valence-electron chi connectivity index (χ2n) is 8.93. The molecule has 0 aromatic heterocycles. The third kappa shape index (κ3) is 3.65. The SMILES string of the molecule is CC(F)(F)C(=O)OCCOC12CC3CC(C1)C1(OCC(F)(F)C(CF)O1)C(C3)C2. The Kier molecular flexibility index (Phi) is 5.14. The van der Waals surface area contributed by atoms with E-state index in [1.54, 1.807) is 0 Å². The molecule has 3 unspecified atom stereocenters. The van der Waals surface area contributed by atoms with Crippen LogP contribution in [0.5, 0.6) is 0 Å². The van der Waals surface area contributed by atoms with Crippen LogP contribution >= 0.6 is 0 Å². The number of carbonyl (C=O) groups is 1. The molecule has 4 bridgehead atoms. The fourth-order valence-electron chi connectivity index (χ4n) is 5.77. The van der Waals surface area contributed by atoms with Crippen molar-refractivity contribution in [3.63, 3.8) is 0 Å². The molecule has 5 rings (SSSR count). The number of ether oxygens (including phenoxy) is 4. The number of alkyl halides is 5. The second kappa shape index (κ2) is 7.02. The van der Waals surface area contributed by atoms with Crippen molar-refractivity contribution in [3.8, 4) is 0 Å². The van der Waals surface area contributed by atoms with Crippen molar-refractivity contribution in [1.82, 2.24) is 0 Å². The number of halogens is 5. The lowest BCUT2D eigenvalue weighted by Gasteiger charge is -2.65. The molecule has 0 amide bonds. The standard InChI is InChI=1S/C19H25F5O5/c1-16(21,22)15(25)26-2-3-27-17-6-11-4-12(7-17)19(13(5-11)8-17)28-10-18(23,24)14(9-20)29-19/h11-14H,2-10H2,1H3. The summed E-state index contributed by atoms with van der Waals surface area (Å²) in [5, 5.41) is 0. The molecule has 0 radical (unpaired) electrons. The second-order valence-corrected chi connectivity index (χ2v) is 8.93. The van der Waals surface area contributed by atoms with Gasteiger partial charge in [0, 0.05) is 18.8 Å². The molecule has 0 aromatic rings. The van der Waals surface area contributed by atoms with Gasteiger partial charge in [0.05, 0.1) is 12.2 Å². The first kappa shape index (κ1) is 21.2. The van der Waals surface area contributed by atoms with Crippen LogP contribution in [-0.4, -0.2) is 61.8 Å². The van der Waals surface area contributed by atoms with Gasteiger partial charge < -0.3 is 18.9 Å². The van der Waals surface area contributed by atoms with Crippen molar-refractivity contribution in [2.45, 2.75) is 68.4 Å². The number of hydrogen-bond acceptors (Lipinski definition) is 5. The number of hydrogen-bond donors (Lipinski definition) is 0. The summed E-state index contributed by atoms with van der Waals surface area (Å²) in [6.45, 7) is -2.01. The van der Waals surface area contributed by atoms with Gasteiger partial charge in [-0.1, -0.05) is 0 Å². The van der Waals surface area contributed by atoms with E-state index in [1.807, 2.05) is 0 Å². The van der Waals surface area contributed by atoms with Gasteiger partial charge in [0.1, 0.15) is 19.9 Å². The van der Waals surface area contributed by atoms with E-state index in [4.69, 9.17) is 14.2 Å². The minimum atomic E-state index is -3.56. The van der Waals surface area contributed by atoms with Crippen LogP contribution in [0.2, 0.25) is 0 Å². The lowest BCUT2D eigenvalue weighted by Crippen LogP contribution is -2.70. The van der Waals surface area contributed by atoms with Crippen molar-refractivity contribution in [2.75, 3.05) is 26.5 Å². The maximum atomic E-state index is 13.9. The van der Waals surface area contributed by atoms with Crippen LogP contribution in [0.15, 0.2) is 0 Å². The van der Waals surface area contributed by atoms with Crippen LogP contribution in [0.25, 0.3) is 0 Å². The van der Waals surface area contributed by atoms with E-state index in [0.717, 1.165) is 19.3 Å². The average molecular weight is 428 g/mol. The molecule has 1 saturated heterocycles. The first-order valence-corrected chi connectivity index (χ1v) is 9.94. The molecule has 0 N–H and O–H groups in total. The third-order valence-electron chi connectivity index (χ3n) is 6.78. The smallest absolute Gasteiger partial charge is 0.376 e. The molecule has 5 nitrogen and oxygen atoms in total. The number of carbonyl (C=O) groups excluding carboxylic acids is 1. The molecule has 1 spiro atoms. The van der Waals surface area contributed by atoms with Gasteiger partial charge in [-0.2, -0.15) is 8.78 Å². The highest BCUT2D eigenvalue weighted by atomic mass is 19.3. The Labute approximate surface area is 165 Å². The normalized spacial score (nSPS) is 43.0. The molecule has 3 atom stereocenters. The zero-order chi connectivity index (χ0) is 21.1. The largest absolute Gasteiger partial charge is 0.459 e. The van der Waals surface area contributed by atoms with Crippen LogP contribution in [0.4, 0.5) is 22.0 Å². The summed E-state index contributed by atoms with van der Waals surface area (Å²) in [6.07, 6.45) is 1.37. The van der Waals surface area contributed by atoms with E-state index in [0.29, 0.717) is 25.7 Å². The van der Waals surface area contributed by atoms with Crippen LogP contribution in [0.1, 0.15) is 39.0 Å². The average Bonchev–Trinajstić information content (AvgIpc) is 2.62. The summed E-state index contributed by atoms with van der Waals surface area (Å²) in [4.78, 5) is 11.1. The van der Waals surface area contributed by atoms with Gasteiger partial charge in [-0.25, -0.2) is 18.0 Å². The highest BCUT2D eigenvalue weighted by Gasteiger charge is 2.68. The lowest BCUT2D eigenvalue weighted by molar-refractivity contribution is -0.428. The molecule has 1 heterocycles. The lowest BCUT2D eigenvalue weighted by atomic mass is 9.51. The fraction of sp³-hybridized carbons (Fsp3) is 0.947. The molecular weight excluding hydrogens is 403 g/mol. The Hall–Kier alpha value is -1.00. The topological polar surface area (TPSA) is 54.0 Å². The molecule has 0 aromatic carbocycles. The summed E-state index contributed by atoms with van der Waals surface area (Å²) in [5.41, 5.74) is -0.555. The van der Waals surface area contributed by atoms with Crippen LogP contribution in [-0.2, 0) is 23.7 Å². The predicted molar refractivity (Wildman–Crippen MR) is 88.3 cm³/mol. The summed E-state index contributed by atoms with van der Waals surface area (Å²) >= 11 is 0. The zero-order valence-electron chi connectivity index (χ0n) is 16.1. The first-order valence-electron chi connectivity index (χ1n) is 9.94. The summed E-state index contributed by atoms with van der Waals surface area (Å²) in [6, 6.07) is 0. The Balaban J connectivity index is 1.40. The minimum absolute atomic E-state index is 0.0339. The molecule has 29 heavy (non-hydrogen) atoms. The Bertz CT molecular complexity index is 635. The van der Waals surface area contributed by atoms with Gasteiger partial charge in [-0.3, -0.25) is 0 Å². The van der Waals surface area contributed by atoms with E-state index in [9.17, 15) is 26.7 Å². The van der Waals surface area contributed by atoms with E-state index < -0.39 is 48.6 Å². The summed E-state index contributed by atoms with van der Waals surface area (Å²) in [7, 11) is 0. The molecule has 4 aliphatic carbocycles. The van der Waals surface area contributed by atoms with Crippen LogP contribution < -0.4 is 0 Å². The van der Waals surface area contributed by atoms with Gasteiger partial charge in [-0.05, 0) is 38.0 Å². The van der Waals surface area contributed by atoms with E-state index in [2.05, 4.69) is 4.74 Å². The van der Waals surface area contributed by atoms with Gasteiger partial charge in [-0.15, -0.1) is 0 Å². The molecular formula is C19H25F5O5. The highest BCUT2D eigenvalue weighted by Crippen LogP contribution is 2.64. The van der Waals surface area contributed by atoms with Gasteiger partial charge >= 0.3 is 11.9 Å². The monoisotopic (exact) mass is 428 g/mol. The van der Waals surface area contributed by atoms with E-state index in [1.165, 1.54) is 0 Å². The predicted octanol–water partition coefficient (Wildman–Crippen LogP) is 3.50. The van der Waals surface area contributed by atoms with Gasteiger partial charge in [0.15, 0.2) is 11.9 Å². The Morgan fingerprint density at radius 2 is 1.79 bits per heavy atom. The summed E-state index contributed by atoms with van der Waals surface area (Å²) < 4.78 is 88.4. The van der Waals surface area contributed by atoms with Crippen molar-refractivity contribution < 1.29 is 45.7 Å². The van der Waals surface area contributed by atoms with Crippen molar-refractivity contribution in [1.29, 1.82) is 0 Å². The van der Waals surface area contributed by atoms with Crippen molar-refractivity contribution >= 4 is 5.97 Å².